The number of hydrogen-bond donors (Lipinski definition) is 1. The molecule has 2 fully saturated rings. The monoisotopic (exact) mass is 468 g/mol. The zero-order valence-electron chi connectivity index (χ0n) is 21.3. The topological polar surface area (TPSA) is 62.2 Å². The van der Waals surface area contributed by atoms with Crippen LogP contribution in [0.1, 0.15) is 40.5 Å². The van der Waals surface area contributed by atoms with Gasteiger partial charge in [0.25, 0.3) is 0 Å². The summed E-state index contributed by atoms with van der Waals surface area (Å²) in [6, 6.07) is 8.23. The van der Waals surface area contributed by atoms with E-state index < -0.39 is 11.7 Å². The summed E-state index contributed by atoms with van der Waals surface area (Å²) in [5.41, 5.74) is 1.08. The van der Waals surface area contributed by atoms with Gasteiger partial charge in [0.2, 0.25) is 0 Å². The van der Waals surface area contributed by atoms with Crippen molar-refractivity contribution in [2.24, 2.45) is 23.7 Å². The standard InChI is InChI=1S/C28H40N2O4/c1-19-16-24-23(11-10-21(3)28(24,32)17-27(19)34-22(4)31)20(2)18-29-12-14-30(15-13-29)25-8-6-7-9-26(25)33-5/h6-9,16,20-21,23-24,27,32H,10-15,18H2,1-5H3/t20-,21-,23+,24-,27-,28-/m1/s1. The number of carbonyl (C=O) groups excluding carboxylic acids is 1. The molecule has 4 rings (SSSR count). The molecule has 1 aromatic rings. The number of anilines is 1. The maximum atomic E-state index is 11.7. The third-order valence-electron chi connectivity index (χ3n) is 8.23. The molecule has 186 valence electrons. The number of esters is 1. The van der Waals surface area contributed by atoms with Gasteiger partial charge in [-0.2, -0.15) is 0 Å². The van der Waals surface area contributed by atoms with Crippen molar-refractivity contribution in [3.05, 3.63) is 42.3 Å². The molecule has 1 heterocycles. The first kappa shape index (κ1) is 25.1. The summed E-state index contributed by atoms with van der Waals surface area (Å²) in [6.07, 6.45) is 6.96. The van der Waals surface area contributed by atoms with Crippen molar-refractivity contribution in [1.29, 1.82) is 0 Å². The molecule has 0 bridgehead atoms. The number of benzene rings is 1. The van der Waals surface area contributed by atoms with Gasteiger partial charge in [0.05, 0.1) is 24.8 Å². The maximum absolute atomic E-state index is 11.7. The highest BCUT2D eigenvalue weighted by Gasteiger charge is 2.53. The molecule has 1 aromatic carbocycles. The Morgan fingerprint density at radius 1 is 1.24 bits per heavy atom. The Morgan fingerprint density at radius 2 is 1.94 bits per heavy atom. The molecule has 1 aliphatic heterocycles. The first-order chi connectivity index (χ1) is 16.2. The lowest BCUT2D eigenvalue weighted by molar-refractivity contribution is -0.148. The van der Waals surface area contributed by atoms with Gasteiger partial charge in [0.15, 0.2) is 0 Å². The van der Waals surface area contributed by atoms with Crippen LogP contribution in [0, 0.1) is 30.1 Å². The molecular weight excluding hydrogens is 428 g/mol. The summed E-state index contributed by atoms with van der Waals surface area (Å²) >= 11 is 0. The van der Waals surface area contributed by atoms with Crippen LogP contribution in [0.3, 0.4) is 0 Å². The zero-order chi connectivity index (χ0) is 24.5. The van der Waals surface area contributed by atoms with E-state index in [0.29, 0.717) is 11.8 Å². The number of fused-ring (bicyclic) bond motifs is 1. The fourth-order valence-electron chi connectivity index (χ4n) is 6.21. The highest BCUT2D eigenvalue weighted by atomic mass is 16.5. The highest BCUT2D eigenvalue weighted by Crippen LogP contribution is 2.50. The van der Waals surface area contributed by atoms with E-state index in [4.69, 9.17) is 9.47 Å². The summed E-state index contributed by atoms with van der Waals surface area (Å²) in [5, 5.41) is 11.7. The molecular formula is C28H40N2O4. The van der Waals surface area contributed by atoms with Gasteiger partial charge in [0.1, 0.15) is 11.9 Å². The van der Waals surface area contributed by atoms with E-state index >= 15 is 0 Å². The molecule has 0 amide bonds. The Bertz CT molecular complexity index is 894. The van der Waals surface area contributed by atoms with Crippen LogP contribution in [-0.4, -0.2) is 67.5 Å². The zero-order valence-corrected chi connectivity index (χ0v) is 21.3. The van der Waals surface area contributed by atoms with Crippen molar-refractivity contribution in [2.45, 2.75) is 52.2 Å². The first-order valence-corrected chi connectivity index (χ1v) is 12.7. The van der Waals surface area contributed by atoms with Crippen LogP contribution < -0.4 is 9.64 Å². The number of rotatable bonds is 6. The van der Waals surface area contributed by atoms with Crippen molar-refractivity contribution >= 4 is 11.7 Å². The van der Waals surface area contributed by atoms with Gasteiger partial charge in [-0.25, -0.2) is 0 Å². The Labute approximate surface area is 204 Å². The molecule has 0 unspecified atom stereocenters. The minimum atomic E-state index is -1.06. The largest absolute Gasteiger partial charge is 0.495 e. The Morgan fingerprint density at radius 3 is 2.62 bits per heavy atom. The van der Waals surface area contributed by atoms with E-state index in [1.54, 1.807) is 7.11 Å². The summed E-state index contributed by atoms with van der Waals surface area (Å²) in [7, 11) is 1.73. The molecule has 2 radical (unpaired) electrons. The number of ether oxygens (including phenoxy) is 2. The second-order valence-corrected chi connectivity index (χ2v) is 10.5. The number of piperazine rings is 1. The van der Waals surface area contributed by atoms with Gasteiger partial charge in [-0.1, -0.05) is 32.1 Å². The minimum absolute atomic E-state index is 0.00734. The lowest BCUT2D eigenvalue weighted by Gasteiger charge is -2.53. The van der Waals surface area contributed by atoms with Gasteiger partial charge in [0, 0.05) is 45.6 Å². The first-order valence-electron chi connectivity index (χ1n) is 12.7. The number of carbonyl (C=O) groups is 1. The molecule has 34 heavy (non-hydrogen) atoms. The van der Waals surface area contributed by atoms with Gasteiger partial charge >= 0.3 is 5.97 Å². The average Bonchev–Trinajstić information content (AvgIpc) is 2.81. The Kier molecular flexibility index (Phi) is 7.58. The fraction of sp³-hybridized carbons (Fsp3) is 0.643. The van der Waals surface area contributed by atoms with E-state index in [1.807, 2.05) is 19.1 Å². The molecule has 6 nitrogen and oxygen atoms in total. The molecule has 1 saturated heterocycles. The molecule has 2 aliphatic carbocycles. The maximum Gasteiger partial charge on any atom is 0.303 e. The van der Waals surface area contributed by atoms with E-state index in [0.717, 1.165) is 56.9 Å². The van der Waals surface area contributed by atoms with Gasteiger partial charge in [-0.15, -0.1) is 0 Å². The predicted octanol–water partition coefficient (Wildman–Crippen LogP) is 3.82. The SMILES string of the molecule is COc1ccccc1N1CCN(C[C@@H](C)[C@@H]2CC[C@@H](C)[C@]3(O)[C][C@@H](OC(C)=O)C(C)=C[C@H]23)CC1. The van der Waals surface area contributed by atoms with Gasteiger partial charge in [-0.05, 0) is 55.2 Å². The van der Waals surface area contributed by atoms with Crippen molar-refractivity contribution in [1.82, 2.24) is 4.90 Å². The molecule has 6 heteroatoms. The van der Waals surface area contributed by atoms with Gasteiger partial charge in [-0.3, -0.25) is 9.69 Å². The minimum Gasteiger partial charge on any atom is -0.495 e. The van der Waals surface area contributed by atoms with Crippen molar-refractivity contribution in [2.75, 3.05) is 44.7 Å². The van der Waals surface area contributed by atoms with Crippen molar-refractivity contribution in [3.63, 3.8) is 0 Å². The molecule has 0 aromatic heterocycles. The summed E-state index contributed by atoms with van der Waals surface area (Å²) in [4.78, 5) is 16.5. The summed E-state index contributed by atoms with van der Waals surface area (Å²) < 4.78 is 11.0. The van der Waals surface area contributed by atoms with Crippen LogP contribution in [0.4, 0.5) is 5.69 Å². The number of nitrogens with zero attached hydrogens (tertiary/aromatic N) is 2. The van der Waals surface area contributed by atoms with E-state index in [9.17, 15) is 9.90 Å². The van der Waals surface area contributed by atoms with E-state index in [2.05, 4.69) is 48.3 Å². The summed E-state index contributed by atoms with van der Waals surface area (Å²) in [5.74, 6) is 1.50. The molecule has 1 saturated carbocycles. The van der Waals surface area contributed by atoms with E-state index in [1.165, 1.54) is 12.6 Å². The lowest BCUT2D eigenvalue weighted by atomic mass is 9.57. The fourth-order valence-corrected chi connectivity index (χ4v) is 6.21. The average molecular weight is 469 g/mol. The number of aliphatic hydroxyl groups is 1. The third-order valence-corrected chi connectivity index (χ3v) is 8.23. The van der Waals surface area contributed by atoms with E-state index in [-0.39, 0.29) is 17.8 Å². The lowest BCUT2D eigenvalue weighted by Crippen LogP contribution is -2.57. The molecule has 0 spiro atoms. The van der Waals surface area contributed by atoms with Crippen LogP contribution in [-0.2, 0) is 9.53 Å². The molecule has 1 N–H and O–H groups in total. The summed E-state index contributed by atoms with van der Waals surface area (Å²) in [6.45, 7) is 12.8. The third kappa shape index (κ3) is 4.99. The van der Waals surface area contributed by atoms with Crippen LogP contribution in [0.2, 0.25) is 0 Å². The second kappa shape index (κ2) is 10.3. The Hall–Kier alpha value is -2.05. The second-order valence-electron chi connectivity index (χ2n) is 10.5. The van der Waals surface area contributed by atoms with Crippen LogP contribution >= 0.6 is 0 Å². The number of methoxy groups -OCH3 is 1. The van der Waals surface area contributed by atoms with Crippen LogP contribution in [0.5, 0.6) is 5.75 Å². The predicted molar refractivity (Wildman–Crippen MR) is 134 cm³/mol. The quantitative estimate of drug-likeness (QED) is 0.506. The molecule has 6 atom stereocenters. The van der Waals surface area contributed by atoms with Crippen LogP contribution in [0.25, 0.3) is 0 Å². The smallest absolute Gasteiger partial charge is 0.303 e. The van der Waals surface area contributed by atoms with Crippen molar-refractivity contribution < 1.29 is 19.4 Å². The molecule has 3 aliphatic rings. The van der Waals surface area contributed by atoms with Crippen LogP contribution in [0.15, 0.2) is 35.9 Å². The highest BCUT2D eigenvalue weighted by molar-refractivity contribution is 5.66. The number of para-hydroxylation sites is 2. The van der Waals surface area contributed by atoms with Gasteiger partial charge < -0.3 is 19.5 Å². The van der Waals surface area contributed by atoms with Crippen molar-refractivity contribution in [3.8, 4) is 5.75 Å². The Balaban J connectivity index is 1.41. The number of hydrogen-bond acceptors (Lipinski definition) is 6. The normalized spacial score (nSPS) is 33.0.